The van der Waals surface area contributed by atoms with Crippen molar-refractivity contribution >= 4 is 16.9 Å². The van der Waals surface area contributed by atoms with Crippen LogP contribution >= 0.6 is 0 Å². The van der Waals surface area contributed by atoms with Gasteiger partial charge in [-0.05, 0) is 12.1 Å². The maximum absolute atomic E-state index is 11.3. The van der Waals surface area contributed by atoms with Gasteiger partial charge in [0.25, 0.3) is 0 Å². The van der Waals surface area contributed by atoms with Crippen molar-refractivity contribution in [2.45, 2.75) is 12.3 Å². The van der Waals surface area contributed by atoms with E-state index in [1.807, 2.05) is 18.2 Å². The summed E-state index contributed by atoms with van der Waals surface area (Å²) in [6.07, 6.45) is 2.04. The summed E-state index contributed by atoms with van der Waals surface area (Å²) in [7, 11) is 1.38. The number of carbonyl (C=O) groups is 1. The predicted molar refractivity (Wildman–Crippen MR) is 64.5 cm³/mol. The summed E-state index contributed by atoms with van der Waals surface area (Å²) in [6, 6.07) is 5.86. The molecule has 1 aromatic carbocycles. The highest BCUT2D eigenvalue weighted by Gasteiger charge is 2.17. The number of rotatable bonds is 4. The lowest BCUT2D eigenvalue weighted by molar-refractivity contribution is -0.141. The molecule has 0 bridgehead atoms. The fraction of sp³-hybridized carbons (Fsp3) is 0.333. The maximum atomic E-state index is 11.3. The average Bonchev–Trinajstić information content (AvgIpc) is 2.83. The molecule has 17 heavy (non-hydrogen) atoms. The van der Waals surface area contributed by atoms with E-state index in [2.05, 4.69) is 14.9 Å². The molecule has 0 aliphatic heterocycles. The second-order valence-electron chi connectivity index (χ2n) is 3.89. The quantitative estimate of drug-likeness (QED) is 0.777. The molecule has 2 aromatic rings. The Morgan fingerprint density at radius 3 is 3.12 bits per heavy atom. The van der Waals surface area contributed by atoms with E-state index in [1.54, 1.807) is 6.20 Å². The van der Waals surface area contributed by atoms with Crippen molar-refractivity contribution in [2.24, 2.45) is 5.73 Å². The summed E-state index contributed by atoms with van der Waals surface area (Å²) in [6.45, 7) is 0.396. The molecule has 0 radical (unpaired) electrons. The summed E-state index contributed by atoms with van der Waals surface area (Å²) < 4.78 is 4.68. The highest BCUT2D eigenvalue weighted by Crippen LogP contribution is 2.25. The van der Waals surface area contributed by atoms with Crippen molar-refractivity contribution in [2.75, 3.05) is 13.7 Å². The van der Waals surface area contributed by atoms with Crippen LogP contribution in [0.2, 0.25) is 0 Å². The van der Waals surface area contributed by atoms with Gasteiger partial charge in [-0.3, -0.25) is 9.89 Å². The Morgan fingerprint density at radius 1 is 1.59 bits per heavy atom. The first-order chi connectivity index (χ1) is 8.26. The molecular formula is C12H15N3O2. The van der Waals surface area contributed by atoms with Crippen LogP contribution in [0.5, 0.6) is 0 Å². The predicted octanol–water partition coefficient (Wildman–Crippen LogP) is 1.17. The lowest BCUT2D eigenvalue weighted by Crippen LogP contribution is -2.17. The molecule has 0 aliphatic rings. The summed E-state index contributed by atoms with van der Waals surface area (Å²) >= 11 is 0. The number of nitrogens with one attached hydrogen (secondary N) is 1. The fourth-order valence-electron chi connectivity index (χ4n) is 1.94. The second-order valence-corrected chi connectivity index (χ2v) is 3.89. The van der Waals surface area contributed by atoms with Crippen molar-refractivity contribution in [3.05, 3.63) is 30.0 Å². The first-order valence-electron chi connectivity index (χ1n) is 5.45. The summed E-state index contributed by atoms with van der Waals surface area (Å²) in [4.78, 5) is 11.3. The Labute approximate surface area is 98.9 Å². The molecule has 3 N–H and O–H groups in total. The van der Waals surface area contributed by atoms with E-state index in [0.717, 1.165) is 16.5 Å². The molecule has 1 unspecified atom stereocenters. The van der Waals surface area contributed by atoms with Crippen LogP contribution in [0.15, 0.2) is 24.4 Å². The molecule has 5 heteroatoms. The standard InChI is InChI=1S/C12H15N3O2/c1-17-11(16)5-9(6-13)10-4-2-3-8-7-14-15-12(8)10/h2-4,7,9H,5-6,13H2,1H3,(H,14,15). The number of benzene rings is 1. The number of nitrogens with zero attached hydrogens (tertiary/aromatic N) is 1. The average molecular weight is 233 g/mol. The number of fused-ring (bicyclic) bond motifs is 1. The molecule has 1 aromatic heterocycles. The van der Waals surface area contributed by atoms with E-state index in [0.29, 0.717) is 6.54 Å². The largest absolute Gasteiger partial charge is 0.469 e. The van der Waals surface area contributed by atoms with Gasteiger partial charge in [0, 0.05) is 11.3 Å². The molecule has 2 rings (SSSR count). The number of ether oxygens (including phenoxy) is 1. The highest BCUT2D eigenvalue weighted by molar-refractivity contribution is 5.82. The highest BCUT2D eigenvalue weighted by atomic mass is 16.5. The Balaban J connectivity index is 2.35. The Bertz CT molecular complexity index is 521. The normalized spacial score (nSPS) is 12.6. The van der Waals surface area contributed by atoms with E-state index < -0.39 is 0 Å². The topological polar surface area (TPSA) is 81.0 Å². The van der Waals surface area contributed by atoms with Crippen molar-refractivity contribution in [1.29, 1.82) is 0 Å². The molecule has 1 atom stereocenters. The molecule has 0 saturated heterocycles. The van der Waals surface area contributed by atoms with Crippen molar-refractivity contribution in [3.8, 4) is 0 Å². The minimum atomic E-state index is -0.253. The molecule has 0 spiro atoms. The molecule has 0 fully saturated rings. The maximum Gasteiger partial charge on any atom is 0.306 e. The van der Waals surface area contributed by atoms with Crippen LogP contribution in [0.25, 0.3) is 10.9 Å². The number of aromatic nitrogens is 2. The lowest BCUT2D eigenvalue weighted by atomic mass is 9.94. The zero-order chi connectivity index (χ0) is 12.3. The molecular weight excluding hydrogens is 218 g/mol. The number of H-pyrrole nitrogens is 1. The summed E-state index contributed by atoms with van der Waals surface area (Å²) in [5, 5.41) is 7.95. The van der Waals surface area contributed by atoms with Gasteiger partial charge in [-0.25, -0.2) is 0 Å². The first-order valence-corrected chi connectivity index (χ1v) is 5.45. The van der Waals surface area contributed by atoms with Crippen LogP contribution in [0.4, 0.5) is 0 Å². The number of aromatic amines is 1. The summed E-state index contributed by atoms with van der Waals surface area (Å²) in [5.74, 6) is -0.302. The monoisotopic (exact) mass is 233 g/mol. The minimum Gasteiger partial charge on any atom is -0.469 e. The van der Waals surface area contributed by atoms with Crippen LogP contribution in [0.3, 0.4) is 0 Å². The molecule has 0 aliphatic carbocycles. The third-order valence-electron chi connectivity index (χ3n) is 2.87. The van der Waals surface area contributed by atoms with Crippen LogP contribution in [-0.2, 0) is 9.53 Å². The number of hydrogen-bond acceptors (Lipinski definition) is 4. The van der Waals surface area contributed by atoms with Crippen LogP contribution < -0.4 is 5.73 Å². The van der Waals surface area contributed by atoms with Gasteiger partial charge in [0.1, 0.15) is 0 Å². The SMILES string of the molecule is COC(=O)CC(CN)c1cccc2cn[nH]c12. The number of esters is 1. The van der Waals surface area contributed by atoms with Gasteiger partial charge >= 0.3 is 5.97 Å². The Kier molecular flexibility index (Phi) is 3.39. The molecule has 1 heterocycles. The lowest BCUT2D eigenvalue weighted by Gasteiger charge is -2.14. The van der Waals surface area contributed by atoms with Crippen molar-refractivity contribution in [3.63, 3.8) is 0 Å². The molecule has 0 amide bonds. The van der Waals surface area contributed by atoms with Gasteiger partial charge in [0.05, 0.1) is 25.2 Å². The number of carbonyl (C=O) groups excluding carboxylic acids is 1. The van der Waals surface area contributed by atoms with Gasteiger partial charge in [-0.15, -0.1) is 0 Å². The molecule has 90 valence electrons. The van der Waals surface area contributed by atoms with Crippen LogP contribution in [0.1, 0.15) is 17.9 Å². The van der Waals surface area contributed by atoms with Gasteiger partial charge in [-0.2, -0.15) is 5.10 Å². The van der Waals surface area contributed by atoms with Gasteiger partial charge < -0.3 is 10.5 Å². The zero-order valence-electron chi connectivity index (χ0n) is 9.64. The van der Waals surface area contributed by atoms with E-state index in [9.17, 15) is 4.79 Å². The molecule has 0 saturated carbocycles. The number of hydrogen-bond donors (Lipinski definition) is 2. The zero-order valence-corrected chi connectivity index (χ0v) is 9.64. The summed E-state index contributed by atoms with van der Waals surface area (Å²) in [5.41, 5.74) is 7.67. The van der Waals surface area contributed by atoms with E-state index in [4.69, 9.17) is 5.73 Å². The van der Waals surface area contributed by atoms with Crippen LogP contribution in [0, 0.1) is 0 Å². The third-order valence-corrected chi connectivity index (χ3v) is 2.87. The number of para-hydroxylation sites is 1. The number of nitrogens with two attached hydrogens (primary N) is 1. The van der Waals surface area contributed by atoms with Gasteiger partial charge in [0.2, 0.25) is 0 Å². The van der Waals surface area contributed by atoms with Gasteiger partial charge in [0.15, 0.2) is 0 Å². The third kappa shape index (κ3) is 2.29. The van der Waals surface area contributed by atoms with E-state index in [-0.39, 0.29) is 18.3 Å². The van der Waals surface area contributed by atoms with E-state index >= 15 is 0 Å². The fourth-order valence-corrected chi connectivity index (χ4v) is 1.94. The first kappa shape index (κ1) is 11.6. The Hall–Kier alpha value is -1.88. The van der Waals surface area contributed by atoms with Crippen molar-refractivity contribution < 1.29 is 9.53 Å². The van der Waals surface area contributed by atoms with E-state index in [1.165, 1.54) is 7.11 Å². The van der Waals surface area contributed by atoms with Gasteiger partial charge in [-0.1, -0.05) is 18.2 Å². The molecule has 5 nitrogen and oxygen atoms in total. The smallest absolute Gasteiger partial charge is 0.306 e. The Morgan fingerprint density at radius 2 is 2.41 bits per heavy atom. The number of methoxy groups -OCH3 is 1. The second kappa shape index (κ2) is 4.97. The van der Waals surface area contributed by atoms with Crippen molar-refractivity contribution in [1.82, 2.24) is 10.2 Å². The minimum absolute atomic E-state index is 0.0494. The van der Waals surface area contributed by atoms with Crippen LogP contribution in [-0.4, -0.2) is 29.8 Å².